The molecule has 0 bridgehead atoms. The Bertz CT molecular complexity index is 109. The first-order chi connectivity index (χ1) is 6.85. The number of nitrogens with one attached hydrogen (secondary N) is 1. The summed E-state index contributed by atoms with van der Waals surface area (Å²) in [6.07, 6.45) is 5.06. The van der Waals surface area contributed by atoms with E-state index in [1.165, 1.54) is 25.7 Å². The van der Waals surface area contributed by atoms with E-state index < -0.39 is 0 Å². The molecule has 0 aliphatic carbocycles. The molecule has 0 aromatic heterocycles. The van der Waals surface area contributed by atoms with Crippen LogP contribution in [-0.2, 0) is 9.47 Å². The summed E-state index contributed by atoms with van der Waals surface area (Å²) in [5, 5.41) is 3.16. The fraction of sp³-hybridized carbons (Fsp3) is 1.00. The predicted octanol–water partition coefficient (Wildman–Crippen LogP) is 1.82. The predicted molar refractivity (Wildman–Crippen MR) is 59.7 cm³/mol. The zero-order valence-corrected chi connectivity index (χ0v) is 9.84. The van der Waals surface area contributed by atoms with Crippen molar-refractivity contribution in [3.63, 3.8) is 0 Å². The van der Waals surface area contributed by atoms with Crippen LogP contribution in [0.4, 0.5) is 0 Å². The molecule has 0 radical (unpaired) electrons. The number of methoxy groups -OCH3 is 1. The molecule has 0 aromatic rings. The average molecular weight is 203 g/mol. The van der Waals surface area contributed by atoms with Gasteiger partial charge in [0.1, 0.15) is 0 Å². The highest BCUT2D eigenvalue weighted by Crippen LogP contribution is 1.99. The third kappa shape index (κ3) is 8.48. The Hall–Kier alpha value is -0.120. The first-order valence-corrected chi connectivity index (χ1v) is 5.59. The number of rotatable bonds is 10. The van der Waals surface area contributed by atoms with Crippen LogP contribution in [-0.4, -0.2) is 40.0 Å². The second kappa shape index (κ2) is 11.0. The maximum atomic E-state index is 5.54. The average Bonchev–Trinajstić information content (AvgIpc) is 2.21. The lowest BCUT2D eigenvalue weighted by Gasteiger charge is -2.14. The van der Waals surface area contributed by atoms with Gasteiger partial charge in [-0.05, 0) is 13.5 Å². The maximum Gasteiger partial charge on any atom is 0.0642 e. The van der Waals surface area contributed by atoms with Gasteiger partial charge in [0.2, 0.25) is 0 Å². The van der Waals surface area contributed by atoms with Gasteiger partial charge in [0, 0.05) is 13.7 Å². The first-order valence-electron chi connectivity index (χ1n) is 5.59. The molecule has 0 spiro atoms. The quantitative estimate of drug-likeness (QED) is 0.549. The molecule has 0 saturated heterocycles. The van der Waals surface area contributed by atoms with Crippen LogP contribution in [0.1, 0.15) is 32.6 Å². The normalized spacial score (nSPS) is 13.1. The van der Waals surface area contributed by atoms with E-state index in [1.807, 2.05) is 7.05 Å². The van der Waals surface area contributed by atoms with Gasteiger partial charge in [0.05, 0.1) is 19.3 Å². The van der Waals surface area contributed by atoms with Gasteiger partial charge in [-0.2, -0.15) is 0 Å². The van der Waals surface area contributed by atoms with Crippen molar-refractivity contribution in [2.75, 3.05) is 34.0 Å². The Morgan fingerprint density at radius 2 is 1.93 bits per heavy atom. The molecule has 0 rings (SSSR count). The molecule has 0 aromatic carbocycles. The summed E-state index contributed by atoms with van der Waals surface area (Å²) in [6, 6.07) is 0.325. The van der Waals surface area contributed by atoms with E-state index in [1.54, 1.807) is 7.11 Å². The molecule has 0 aliphatic rings. The van der Waals surface area contributed by atoms with Gasteiger partial charge in [-0.25, -0.2) is 0 Å². The first kappa shape index (κ1) is 13.9. The molecule has 14 heavy (non-hydrogen) atoms. The summed E-state index contributed by atoms with van der Waals surface area (Å²) < 4.78 is 10.6. The lowest BCUT2D eigenvalue weighted by Crippen LogP contribution is -2.34. The fourth-order valence-corrected chi connectivity index (χ4v) is 1.27. The standard InChI is InChI=1S/C11H25NO2/c1-4-5-6-7-8-14-10-11(12-2)9-13-3/h11-12H,4-10H2,1-3H3. The van der Waals surface area contributed by atoms with Gasteiger partial charge in [0.15, 0.2) is 0 Å². The molecule has 0 saturated carbocycles. The highest BCUT2D eigenvalue weighted by Gasteiger charge is 2.04. The second-order valence-corrected chi connectivity index (χ2v) is 3.58. The molecule has 86 valence electrons. The minimum absolute atomic E-state index is 0.325. The smallest absolute Gasteiger partial charge is 0.0642 e. The van der Waals surface area contributed by atoms with Crippen LogP contribution >= 0.6 is 0 Å². The topological polar surface area (TPSA) is 30.5 Å². The lowest BCUT2D eigenvalue weighted by molar-refractivity contribution is 0.0749. The van der Waals surface area contributed by atoms with Crippen molar-refractivity contribution in [2.24, 2.45) is 0 Å². The summed E-state index contributed by atoms with van der Waals surface area (Å²) in [6.45, 7) is 4.56. The van der Waals surface area contributed by atoms with Crippen molar-refractivity contribution in [1.82, 2.24) is 5.32 Å². The monoisotopic (exact) mass is 203 g/mol. The number of hydrogen-bond acceptors (Lipinski definition) is 3. The van der Waals surface area contributed by atoms with Crippen molar-refractivity contribution in [3.8, 4) is 0 Å². The van der Waals surface area contributed by atoms with E-state index >= 15 is 0 Å². The van der Waals surface area contributed by atoms with Crippen molar-refractivity contribution in [3.05, 3.63) is 0 Å². The van der Waals surface area contributed by atoms with Gasteiger partial charge in [-0.3, -0.25) is 0 Å². The Morgan fingerprint density at radius 3 is 2.50 bits per heavy atom. The van der Waals surface area contributed by atoms with Gasteiger partial charge >= 0.3 is 0 Å². The molecule has 0 fully saturated rings. The van der Waals surface area contributed by atoms with E-state index in [2.05, 4.69) is 12.2 Å². The van der Waals surface area contributed by atoms with Crippen LogP contribution in [0.15, 0.2) is 0 Å². The molecule has 3 nitrogen and oxygen atoms in total. The Labute approximate surface area is 88.2 Å². The second-order valence-electron chi connectivity index (χ2n) is 3.58. The van der Waals surface area contributed by atoms with Crippen LogP contribution in [0, 0.1) is 0 Å². The van der Waals surface area contributed by atoms with Gasteiger partial charge < -0.3 is 14.8 Å². The van der Waals surface area contributed by atoms with Gasteiger partial charge in [-0.1, -0.05) is 26.2 Å². The third-order valence-corrected chi connectivity index (χ3v) is 2.24. The fourth-order valence-electron chi connectivity index (χ4n) is 1.27. The zero-order chi connectivity index (χ0) is 10.6. The molecule has 1 unspecified atom stereocenters. The van der Waals surface area contributed by atoms with E-state index in [9.17, 15) is 0 Å². The van der Waals surface area contributed by atoms with E-state index in [4.69, 9.17) is 9.47 Å². The molecule has 0 amide bonds. The molecule has 0 aliphatic heterocycles. The van der Waals surface area contributed by atoms with Crippen molar-refractivity contribution < 1.29 is 9.47 Å². The number of ether oxygens (including phenoxy) is 2. The largest absolute Gasteiger partial charge is 0.383 e. The van der Waals surface area contributed by atoms with Crippen molar-refractivity contribution in [2.45, 2.75) is 38.6 Å². The van der Waals surface area contributed by atoms with Crippen LogP contribution in [0.2, 0.25) is 0 Å². The van der Waals surface area contributed by atoms with E-state index in [0.29, 0.717) is 12.6 Å². The summed E-state index contributed by atoms with van der Waals surface area (Å²) in [4.78, 5) is 0. The number of likely N-dealkylation sites (N-methyl/N-ethyl adjacent to an activating group) is 1. The van der Waals surface area contributed by atoms with Crippen LogP contribution < -0.4 is 5.32 Å². The van der Waals surface area contributed by atoms with E-state index in [0.717, 1.165) is 13.2 Å². The summed E-state index contributed by atoms with van der Waals surface area (Å²) in [5.74, 6) is 0. The molecule has 3 heteroatoms. The minimum Gasteiger partial charge on any atom is -0.383 e. The number of hydrogen-bond donors (Lipinski definition) is 1. The summed E-state index contributed by atoms with van der Waals surface area (Å²) in [7, 11) is 3.65. The lowest BCUT2D eigenvalue weighted by atomic mass is 10.2. The van der Waals surface area contributed by atoms with Crippen LogP contribution in [0.25, 0.3) is 0 Å². The molecule has 1 atom stereocenters. The Balaban J connectivity index is 3.15. The molecule has 1 N–H and O–H groups in total. The SMILES string of the molecule is CCCCCCOCC(COC)NC. The van der Waals surface area contributed by atoms with Gasteiger partial charge in [-0.15, -0.1) is 0 Å². The van der Waals surface area contributed by atoms with Crippen molar-refractivity contribution >= 4 is 0 Å². The van der Waals surface area contributed by atoms with Gasteiger partial charge in [0.25, 0.3) is 0 Å². The van der Waals surface area contributed by atoms with Crippen LogP contribution in [0.3, 0.4) is 0 Å². The Kier molecular flexibility index (Phi) is 10.9. The highest BCUT2D eigenvalue weighted by molar-refractivity contribution is 4.61. The molecular formula is C11H25NO2. The molecule has 0 heterocycles. The number of unbranched alkanes of at least 4 members (excludes halogenated alkanes) is 3. The Morgan fingerprint density at radius 1 is 1.14 bits per heavy atom. The summed E-state index contributed by atoms with van der Waals surface area (Å²) >= 11 is 0. The molecular weight excluding hydrogens is 178 g/mol. The third-order valence-electron chi connectivity index (χ3n) is 2.24. The zero-order valence-electron chi connectivity index (χ0n) is 9.84. The maximum absolute atomic E-state index is 5.54. The minimum atomic E-state index is 0.325. The summed E-state index contributed by atoms with van der Waals surface area (Å²) in [5.41, 5.74) is 0. The van der Waals surface area contributed by atoms with Crippen LogP contribution in [0.5, 0.6) is 0 Å². The van der Waals surface area contributed by atoms with E-state index in [-0.39, 0.29) is 0 Å². The highest BCUT2D eigenvalue weighted by atomic mass is 16.5. The van der Waals surface area contributed by atoms with Crippen molar-refractivity contribution in [1.29, 1.82) is 0 Å².